The normalized spacial score (nSPS) is 10.5. The van der Waals surface area contributed by atoms with Gasteiger partial charge in [-0.3, -0.25) is 4.55 Å². The maximum atomic E-state index is 11.2. The van der Waals surface area contributed by atoms with Crippen LogP contribution >= 0.6 is 12.2 Å². The van der Waals surface area contributed by atoms with E-state index in [9.17, 15) is 8.42 Å². The summed E-state index contributed by atoms with van der Waals surface area (Å²) < 4.78 is 31.5. The van der Waals surface area contributed by atoms with Crippen molar-refractivity contribution >= 4 is 44.0 Å². The van der Waals surface area contributed by atoms with Gasteiger partial charge in [0.15, 0.2) is 0 Å². The number of fused-ring (bicyclic) bond motifs is 1. The number of isothiocyanates is 1. The average molecular weight is 289 g/mol. The molecule has 4 nitrogen and oxygen atoms in total. The first-order chi connectivity index (χ1) is 8.04. The number of hydrogen-bond donors (Lipinski definition) is 1. The standard InChI is InChI=1S/C11H7NO3S2.Na.H/c13-17(14,15)11-6-5-10(12-7-16)8-3-1-2-4-9(8)11;;/h1-6H,(H,13,14,15);;/q;+1;-1. The van der Waals surface area contributed by atoms with Crippen LogP contribution in [0.2, 0.25) is 0 Å². The fourth-order valence-electron chi connectivity index (χ4n) is 1.63. The smallest absolute Gasteiger partial charge is 1.00 e. The van der Waals surface area contributed by atoms with Crippen LogP contribution in [0.15, 0.2) is 46.3 Å². The van der Waals surface area contributed by atoms with Gasteiger partial charge in [0.25, 0.3) is 10.1 Å². The maximum absolute atomic E-state index is 11.2. The van der Waals surface area contributed by atoms with Gasteiger partial charge in [-0.2, -0.15) is 13.4 Å². The van der Waals surface area contributed by atoms with Crippen molar-refractivity contribution in [2.75, 3.05) is 0 Å². The van der Waals surface area contributed by atoms with Gasteiger partial charge in [-0.1, -0.05) is 24.3 Å². The predicted octanol–water partition coefficient (Wildman–Crippen LogP) is -0.0627. The molecule has 2 rings (SSSR count). The third-order valence-corrected chi connectivity index (χ3v) is 3.31. The number of rotatable bonds is 2. The molecule has 0 saturated carbocycles. The van der Waals surface area contributed by atoms with Gasteiger partial charge in [0.2, 0.25) is 0 Å². The van der Waals surface area contributed by atoms with Gasteiger partial charge >= 0.3 is 29.6 Å². The Morgan fingerprint density at radius 3 is 2.33 bits per heavy atom. The van der Waals surface area contributed by atoms with E-state index < -0.39 is 10.1 Å². The minimum absolute atomic E-state index is 0. The van der Waals surface area contributed by atoms with Crippen molar-refractivity contribution in [1.82, 2.24) is 0 Å². The molecule has 1 N–H and O–H groups in total. The largest absolute Gasteiger partial charge is 1.00 e. The molecule has 0 heterocycles. The fourth-order valence-corrected chi connectivity index (χ4v) is 2.42. The zero-order valence-corrected chi connectivity index (χ0v) is 13.1. The van der Waals surface area contributed by atoms with E-state index in [4.69, 9.17) is 4.55 Å². The minimum Gasteiger partial charge on any atom is -1.00 e. The Kier molecular flexibility index (Phi) is 5.19. The third kappa shape index (κ3) is 3.05. The molecule has 18 heavy (non-hydrogen) atoms. The van der Waals surface area contributed by atoms with Crippen LogP contribution in [0.5, 0.6) is 0 Å². The van der Waals surface area contributed by atoms with E-state index in [1.54, 1.807) is 24.3 Å². The van der Waals surface area contributed by atoms with Gasteiger partial charge in [0.1, 0.15) is 4.90 Å². The van der Waals surface area contributed by atoms with Crippen LogP contribution in [0.25, 0.3) is 10.8 Å². The second kappa shape index (κ2) is 6.04. The van der Waals surface area contributed by atoms with Crippen molar-refractivity contribution in [1.29, 1.82) is 0 Å². The van der Waals surface area contributed by atoms with E-state index in [-0.39, 0.29) is 35.9 Å². The molecule has 0 fully saturated rings. The SMILES string of the molecule is O=S(=O)(O)c1ccc(N=C=S)c2ccccc12.[H-].[Na+]. The van der Waals surface area contributed by atoms with E-state index in [0.717, 1.165) is 0 Å². The number of aliphatic imine (C=N–C) groups is 1. The van der Waals surface area contributed by atoms with Crippen LogP contribution < -0.4 is 29.6 Å². The zero-order valence-electron chi connectivity index (χ0n) is 10.5. The summed E-state index contributed by atoms with van der Waals surface area (Å²) in [5.74, 6) is 0. The van der Waals surface area contributed by atoms with Crippen molar-refractivity contribution < 1.29 is 44.0 Å². The number of benzene rings is 2. The van der Waals surface area contributed by atoms with Gasteiger partial charge in [-0.05, 0) is 24.4 Å². The van der Waals surface area contributed by atoms with Gasteiger partial charge < -0.3 is 1.43 Å². The summed E-state index contributed by atoms with van der Waals surface area (Å²) in [6.45, 7) is 0. The average Bonchev–Trinajstić information content (AvgIpc) is 2.28. The molecule has 0 spiro atoms. The number of nitrogens with zero attached hydrogens (tertiary/aromatic N) is 1. The van der Waals surface area contributed by atoms with Crippen LogP contribution in [-0.4, -0.2) is 18.1 Å². The van der Waals surface area contributed by atoms with E-state index in [2.05, 4.69) is 22.4 Å². The molecule has 7 heteroatoms. The Labute approximate surface area is 133 Å². The van der Waals surface area contributed by atoms with Gasteiger partial charge in [-0.15, -0.1) is 0 Å². The zero-order chi connectivity index (χ0) is 12.5. The summed E-state index contributed by atoms with van der Waals surface area (Å²) in [6, 6.07) is 9.50. The van der Waals surface area contributed by atoms with Crippen molar-refractivity contribution in [2.24, 2.45) is 4.99 Å². The molecule has 0 atom stereocenters. The number of hydrogen-bond acceptors (Lipinski definition) is 4. The van der Waals surface area contributed by atoms with Gasteiger partial charge in [-0.25, -0.2) is 0 Å². The van der Waals surface area contributed by atoms with Crippen LogP contribution in [0, 0.1) is 0 Å². The Balaban J connectivity index is 0.00000162. The first-order valence-electron chi connectivity index (χ1n) is 4.61. The van der Waals surface area contributed by atoms with Crippen LogP contribution in [0.3, 0.4) is 0 Å². The molecule has 0 aliphatic carbocycles. The minimum atomic E-state index is -4.25. The Morgan fingerprint density at radius 2 is 1.78 bits per heavy atom. The molecule has 0 aromatic heterocycles. The summed E-state index contributed by atoms with van der Waals surface area (Å²) in [5, 5.41) is 3.23. The first-order valence-corrected chi connectivity index (χ1v) is 6.46. The molecule has 0 saturated heterocycles. The predicted molar refractivity (Wildman–Crippen MR) is 69.6 cm³/mol. The van der Waals surface area contributed by atoms with Crippen molar-refractivity contribution in [2.45, 2.75) is 4.90 Å². The topological polar surface area (TPSA) is 66.7 Å². The monoisotopic (exact) mass is 289 g/mol. The second-order valence-electron chi connectivity index (χ2n) is 3.31. The van der Waals surface area contributed by atoms with E-state index >= 15 is 0 Å². The van der Waals surface area contributed by atoms with E-state index in [1.807, 2.05) is 0 Å². The molecular formula is C11H8NNaO3S2. The van der Waals surface area contributed by atoms with Crippen LogP contribution in [0.1, 0.15) is 1.43 Å². The van der Waals surface area contributed by atoms with E-state index in [0.29, 0.717) is 16.5 Å². The molecule has 0 unspecified atom stereocenters. The molecule has 0 radical (unpaired) electrons. The first kappa shape index (κ1) is 15.5. The molecule has 2 aromatic rings. The second-order valence-corrected chi connectivity index (χ2v) is 4.88. The summed E-state index contributed by atoms with van der Waals surface area (Å²) in [6.07, 6.45) is 0. The van der Waals surface area contributed by atoms with Crippen molar-refractivity contribution in [3.05, 3.63) is 36.4 Å². The third-order valence-electron chi connectivity index (χ3n) is 2.31. The molecule has 0 aliphatic rings. The van der Waals surface area contributed by atoms with Crippen molar-refractivity contribution in [3.63, 3.8) is 0 Å². The Bertz CT molecular complexity index is 743. The maximum Gasteiger partial charge on any atom is 1.00 e. The Hall–Kier alpha value is -0.590. The molecule has 0 aliphatic heterocycles. The summed E-state index contributed by atoms with van der Waals surface area (Å²) in [4.78, 5) is 3.70. The molecule has 88 valence electrons. The van der Waals surface area contributed by atoms with Crippen LogP contribution in [-0.2, 0) is 10.1 Å². The van der Waals surface area contributed by atoms with Gasteiger partial charge in [0, 0.05) is 10.8 Å². The quantitative estimate of drug-likeness (QED) is 0.364. The van der Waals surface area contributed by atoms with Crippen LogP contribution in [0.4, 0.5) is 5.69 Å². The van der Waals surface area contributed by atoms with Crippen molar-refractivity contribution in [3.8, 4) is 0 Å². The molecule has 0 bridgehead atoms. The molecular weight excluding hydrogens is 281 g/mol. The Morgan fingerprint density at radius 1 is 1.17 bits per heavy atom. The summed E-state index contributed by atoms with van der Waals surface area (Å²) in [5.41, 5.74) is 0.517. The van der Waals surface area contributed by atoms with Gasteiger partial charge in [0.05, 0.1) is 10.8 Å². The summed E-state index contributed by atoms with van der Waals surface area (Å²) >= 11 is 4.52. The molecule has 0 amide bonds. The molecule has 2 aromatic carbocycles. The fraction of sp³-hybridized carbons (Fsp3) is 0. The van der Waals surface area contributed by atoms with E-state index in [1.165, 1.54) is 12.1 Å². The number of thiocarbonyl (C=S) groups is 1. The summed E-state index contributed by atoms with van der Waals surface area (Å²) in [7, 11) is -4.25.